The highest BCUT2D eigenvalue weighted by atomic mass is 127. The monoisotopic (exact) mass is 567 g/mol. The van der Waals surface area contributed by atoms with Gasteiger partial charge in [-0.3, -0.25) is 4.99 Å². The van der Waals surface area contributed by atoms with Gasteiger partial charge in [-0.05, 0) is 56.4 Å². The minimum absolute atomic E-state index is 0. The molecule has 0 amide bonds. The van der Waals surface area contributed by atoms with E-state index in [1.54, 1.807) is 7.05 Å². The zero-order valence-corrected chi connectivity index (χ0v) is 22.6. The summed E-state index contributed by atoms with van der Waals surface area (Å²) >= 11 is 0. The molecule has 0 radical (unpaired) electrons. The Balaban J connectivity index is 0.00000385. The Morgan fingerprint density at radius 2 is 1.79 bits per heavy atom. The molecule has 182 valence electrons. The van der Waals surface area contributed by atoms with E-state index in [1.807, 2.05) is 13.8 Å². The van der Waals surface area contributed by atoms with E-state index in [2.05, 4.69) is 65.0 Å². The van der Waals surface area contributed by atoms with Crippen molar-refractivity contribution in [3.8, 4) is 5.75 Å². The zero-order valence-electron chi connectivity index (χ0n) is 20.2. The van der Waals surface area contributed by atoms with Gasteiger partial charge in [-0.15, -0.1) is 24.0 Å². The van der Waals surface area contributed by atoms with Gasteiger partial charge in [0.1, 0.15) is 5.75 Å². The van der Waals surface area contributed by atoms with E-state index < -0.39 is 0 Å². The molecule has 1 heterocycles. The van der Waals surface area contributed by atoms with Crippen molar-refractivity contribution in [2.24, 2.45) is 4.99 Å². The second-order valence-electron chi connectivity index (χ2n) is 8.50. The summed E-state index contributed by atoms with van der Waals surface area (Å²) < 4.78 is 17.4. The highest BCUT2D eigenvalue weighted by Crippen LogP contribution is 2.21. The number of nitrogens with zero attached hydrogens (tertiary/aromatic N) is 1. The molecule has 2 aromatic carbocycles. The lowest BCUT2D eigenvalue weighted by Gasteiger charge is -2.22. The molecule has 6 nitrogen and oxygen atoms in total. The molecule has 3 rings (SSSR count). The van der Waals surface area contributed by atoms with E-state index in [0.29, 0.717) is 25.8 Å². The molecular weight excluding hydrogens is 529 g/mol. The van der Waals surface area contributed by atoms with Crippen molar-refractivity contribution < 1.29 is 14.2 Å². The van der Waals surface area contributed by atoms with E-state index in [9.17, 15) is 0 Å². The summed E-state index contributed by atoms with van der Waals surface area (Å²) in [5.41, 5.74) is 4.68. The van der Waals surface area contributed by atoms with Gasteiger partial charge < -0.3 is 24.8 Å². The lowest BCUT2D eigenvalue weighted by atomic mass is 10.1. The van der Waals surface area contributed by atoms with Crippen molar-refractivity contribution in [2.75, 3.05) is 20.3 Å². The van der Waals surface area contributed by atoms with Gasteiger partial charge in [-0.2, -0.15) is 0 Å². The maximum Gasteiger partial charge on any atom is 0.191 e. The van der Waals surface area contributed by atoms with Crippen LogP contribution in [0.3, 0.4) is 0 Å². The predicted molar refractivity (Wildman–Crippen MR) is 144 cm³/mol. The third kappa shape index (κ3) is 9.51. The molecule has 1 aliphatic heterocycles. The SMILES string of the molecule is CN=C(NCc1cccc(COC2CCOCC2)c1)NCc1ccc(C)cc1OC(C)C.I. The molecule has 0 aliphatic carbocycles. The van der Waals surface area contributed by atoms with Gasteiger partial charge in [0.25, 0.3) is 0 Å². The number of halogens is 1. The van der Waals surface area contributed by atoms with Crippen molar-refractivity contribution >= 4 is 29.9 Å². The Bertz CT molecular complexity index is 883. The summed E-state index contributed by atoms with van der Waals surface area (Å²) in [4.78, 5) is 4.36. The van der Waals surface area contributed by atoms with E-state index in [1.165, 1.54) is 16.7 Å². The van der Waals surface area contributed by atoms with Crippen molar-refractivity contribution in [2.45, 2.75) is 65.5 Å². The molecule has 0 spiro atoms. The number of hydrogen-bond donors (Lipinski definition) is 2. The largest absolute Gasteiger partial charge is 0.491 e. The van der Waals surface area contributed by atoms with Crippen molar-refractivity contribution in [1.29, 1.82) is 0 Å². The molecule has 1 fully saturated rings. The number of ether oxygens (including phenoxy) is 3. The van der Waals surface area contributed by atoms with Crippen LogP contribution < -0.4 is 15.4 Å². The molecule has 1 saturated heterocycles. The number of nitrogens with one attached hydrogen (secondary N) is 2. The Morgan fingerprint density at radius 3 is 2.52 bits per heavy atom. The van der Waals surface area contributed by atoms with Gasteiger partial charge in [0.15, 0.2) is 5.96 Å². The molecule has 2 N–H and O–H groups in total. The molecule has 0 unspecified atom stereocenters. The Hall–Kier alpha value is -1.84. The summed E-state index contributed by atoms with van der Waals surface area (Å²) in [5.74, 6) is 1.67. The third-order valence-corrected chi connectivity index (χ3v) is 5.36. The van der Waals surface area contributed by atoms with Crippen LogP contribution in [0.25, 0.3) is 0 Å². The van der Waals surface area contributed by atoms with Crippen molar-refractivity contribution in [3.63, 3.8) is 0 Å². The minimum Gasteiger partial charge on any atom is -0.491 e. The van der Waals surface area contributed by atoms with E-state index in [4.69, 9.17) is 14.2 Å². The number of rotatable bonds is 9. The molecule has 33 heavy (non-hydrogen) atoms. The fourth-order valence-corrected chi connectivity index (χ4v) is 3.64. The number of hydrogen-bond acceptors (Lipinski definition) is 4. The summed E-state index contributed by atoms with van der Waals surface area (Å²) in [7, 11) is 1.79. The van der Waals surface area contributed by atoms with Crippen LogP contribution in [0.1, 0.15) is 48.9 Å². The summed E-state index contributed by atoms with van der Waals surface area (Å²) in [6.07, 6.45) is 2.40. The lowest BCUT2D eigenvalue weighted by molar-refractivity contribution is -0.0390. The first kappa shape index (κ1) is 27.4. The molecule has 0 aromatic heterocycles. The van der Waals surface area contributed by atoms with Crippen LogP contribution in [0.5, 0.6) is 5.75 Å². The Labute approximate surface area is 215 Å². The van der Waals surface area contributed by atoms with Gasteiger partial charge in [0.05, 0.1) is 18.8 Å². The van der Waals surface area contributed by atoms with Crippen LogP contribution in [-0.4, -0.2) is 38.4 Å². The predicted octanol–water partition coefficient (Wildman–Crippen LogP) is 4.96. The summed E-state index contributed by atoms with van der Waals surface area (Å²) in [6, 6.07) is 14.8. The van der Waals surface area contributed by atoms with E-state index in [-0.39, 0.29) is 30.1 Å². The van der Waals surface area contributed by atoms with Gasteiger partial charge in [-0.25, -0.2) is 0 Å². The molecule has 0 saturated carbocycles. The van der Waals surface area contributed by atoms with Gasteiger partial charge in [-0.1, -0.05) is 36.4 Å². The summed E-state index contributed by atoms with van der Waals surface area (Å²) in [6.45, 7) is 9.73. The molecular formula is C26H38IN3O3. The van der Waals surface area contributed by atoms with Crippen LogP contribution in [0, 0.1) is 6.92 Å². The van der Waals surface area contributed by atoms with E-state index >= 15 is 0 Å². The lowest BCUT2D eigenvalue weighted by Crippen LogP contribution is -2.36. The number of guanidine groups is 1. The minimum atomic E-state index is 0. The summed E-state index contributed by atoms with van der Waals surface area (Å²) in [5, 5.41) is 6.80. The van der Waals surface area contributed by atoms with Gasteiger partial charge >= 0.3 is 0 Å². The van der Waals surface area contributed by atoms with Crippen LogP contribution >= 0.6 is 24.0 Å². The van der Waals surface area contributed by atoms with E-state index in [0.717, 1.165) is 43.3 Å². The smallest absolute Gasteiger partial charge is 0.191 e. The Kier molecular flexibility index (Phi) is 12.0. The van der Waals surface area contributed by atoms with Gasteiger partial charge in [0, 0.05) is 38.9 Å². The topological polar surface area (TPSA) is 64.1 Å². The maximum atomic E-state index is 6.06. The fourth-order valence-electron chi connectivity index (χ4n) is 3.64. The highest BCUT2D eigenvalue weighted by Gasteiger charge is 2.14. The molecule has 0 bridgehead atoms. The molecule has 2 aromatic rings. The molecule has 7 heteroatoms. The first-order valence-corrected chi connectivity index (χ1v) is 11.5. The van der Waals surface area contributed by atoms with Crippen molar-refractivity contribution in [3.05, 3.63) is 64.7 Å². The van der Waals surface area contributed by atoms with Crippen LogP contribution in [0.4, 0.5) is 0 Å². The average molecular weight is 568 g/mol. The normalized spacial score (nSPS) is 14.6. The highest BCUT2D eigenvalue weighted by molar-refractivity contribution is 14.0. The standard InChI is InChI=1S/C26H37N3O3.HI/c1-19(2)32-25-14-20(3)8-9-23(25)17-29-26(27-4)28-16-21-6-5-7-22(15-21)18-31-24-10-12-30-13-11-24;/h5-9,14-15,19,24H,10-13,16-18H2,1-4H3,(H2,27,28,29);1H. The fraction of sp³-hybridized carbons (Fsp3) is 0.500. The number of aliphatic imine (C=N–C) groups is 1. The maximum absolute atomic E-state index is 6.06. The third-order valence-electron chi connectivity index (χ3n) is 5.36. The van der Waals surface area contributed by atoms with Gasteiger partial charge in [0.2, 0.25) is 0 Å². The zero-order chi connectivity index (χ0) is 22.8. The number of aryl methyl sites for hydroxylation is 1. The van der Waals surface area contributed by atoms with Crippen LogP contribution in [-0.2, 0) is 29.2 Å². The van der Waals surface area contributed by atoms with Crippen molar-refractivity contribution in [1.82, 2.24) is 10.6 Å². The first-order valence-electron chi connectivity index (χ1n) is 11.5. The van der Waals surface area contributed by atoms with Crippen LogP contribution in [0.15, 0.2) is 47.5 Å². The van der Waals surface area contributed by atoms with Crippen LogP contribution in [0.2, 0.25) is 0 Å². The first-order chi connectivity index (χ1) is 15.5. The quantitative estimate of drug-likeness (QED) is 0.255. The second-order valence-corrected chi connectivity index (χ2v) is 8.50. The number of benzene rings is 2. The second kappa shape index (κ2) is 14.4. The molecule has 1 aliphatic rings. The Morgan fingerprint density at radius 1 is 1.06 bits per heavy atom. The molecule has 0 atom stereocenters. The average Bonchev–Trinajstić information content (AvgIpc) is 2.79.